The van der Waals surface area contributed by atoms with Crippen molar-refractivity contribution in [3.63, 3.8) is 0 Å². The van der Waals surface area contributed by atoms with Gasteiger partial charge in [0.1, 0.15) is 11.5 Å². The first-order chi connectivity index (χ1) is 11.0. The number of hydrogen-bond acceptors (Lipinski definition) is 2. The number of allylic oxidation sites excluding steroid dienone is 4. The molecule has 3 rings (SSSR count). The van der Waals surface area contributed by atoms with Crippen molar-refractivity contribution in [3.05, 3.63) is 77.4 Å². The van der Waals surface area contributed by atoms with Crippen LogP contribution in [0, 0.1) is 0 Å². The van der Waals surface area contributed by atoms with Crippen LogP contribution in [0.4, 0.5) is 0 Å². The molecule has 0 saturated carbocycles. The van der Waals surface area contributed by atoms with E-state index in [9.17, 15) is 10.2 Å². The molecule has 0 bridgehead atoms. The van der Waals surface area contributed by atoms with Gasteiger partial charge in [-0.15, -0.1) is 0 Å². The predicted molar refractivity (Wildman–Crippen MR) is 94.8 cm³/mol. The summed E-state index contributed by atoms with van der Waals surface area (Å²) in [6.45, 7) is 4.18. The van der Waals surface area contributed by atoms with Gasteiger partial charge in [0.05, 0.1) is 0 Å². The molecule has 0 radical (unpaired) electrons. The standard InChI is InChI=1S/C21H22O2/c1-14(2)20-13-18(9-12-21(20)23)17-5-3-15(4-6-17)16-7-10-19(22)11-8-16/h3,5-15,22-23H,4H2,1-2H3. The van der Waals surface area contributed by atoms with E-state index in [1.54, 1.807) is 18.2 Å². The maximum atomic E-state index is 9.96. The normalized spacial score (nSPS) is 17.3. The van der Waals surface area contributed by atoms with Crippen LogP contribution in [0.2, 0.25) is 0 Å². The predicted octanol–water partition coefficient (Wildman–Crippen LogP) is 5.35. The highest BCUT2D eigenvalue weighted by Gasteiger charge is 2.14. The monoisotopic (exact) mass is 306 g/mol. The summed E-state index contributed by atoms with van der Waals surface area (Å²) >= 11 is 0. The van der Waals surface area contributed by atoms with Crippen molar-refractivity contribution in [1.29, 1.82) is 0 Å². The lowest BCUT2D eigenvalue weighted by Crippen LogP contribution is -1.99. The Morgan fingerprint density at radius 1 is 1.00 bits per heavy atom. The third-order valence-corrected chi connectivity index (χ3v) is 4.40. The molecule has 0 fully saturated rings. The van der Waals surface area contributed by atoms with E-state index in [1.807, 2.05) is 18.2 Å². The molecule has 2 aromatic rings. The zero-order valence-corrected chi connectivity index (χ0v) is 13.5. The van der Waals surface area contributed by atoms with Crippen molar-refractivity contribution in [2.24, 2.45) is 0 Å². The van der Waals surface area contributed by atoms with Crippen molar-refractivity contribution in [2.75, 3.05) is 0 Å². The highest BCUT2D eigenvalue weighted by molar-refractivity contribution is 5.76. The first-order valence-electron chi connectivity index (χ1n) is 8.05. The van der Waals surface area contributed by atoms with Crippen LogP contribution >= 0.6 is 0 Å². The van der Waals surface area contributed by atoms with Crippen LogP contribution in [0.25, 0.3) is 5.57 Å². The third-order valence-electron chi connectivity index (χ3n) is 4.40. The quantitative estimate of drug-likeness (QED) is 0.802. The van der Waals surface area contributed by atoms with E-state index in [0.29, 0.717) is 23.3 Å². The first kappa shape index (κ1) is 15.4. The molecule has 2 N–H and O–H groups in total. The Hall–Kier alpha value is -2.48. The second-order valence-electron chi connectivity index (χ2n) is 6.38. The molecule has 0 aromatic heterocycles. The van der Waals surface area contributed by atoms with Gasteiger partial charge in [0.15, 0.2) is 0 Å². The molecule has 0 aliphatic heterocycles. The van der Waals surface area contributed by atoms with E-state index in [-0.39, 0.29) is 0 Å². The second kappa shape index (κ2) is 6.33. The van der Waals surface area contributed by atoms with Crippen LogP contribution in [0.5, 0.6) is 11.5 Å². The van der Waals surface area contributed by atoms with Crippen molar-refractivity contribution in [3.8, 4) is 11.5 Å². The Morgan fingerprint density at radius 2 is 1.74 bits per heavy atom. The molecule has 118 valence electrons. The molecule has 2 nitrogen and oxygen atoms in total. The first-order valence-corrected chi connectivity index (χ1v) is 8.05. The van der Waals surface area contributed by atoms with Crippen LogP contribution in [0.1, 0.15) is 48.8 Å². The fourth-order valence-corrected chi connectivity index (χ4v) is 3.00. The Balaban J connectivity index is 1.81. The molecule has 1 aliphatic rings. The molecule has 1 atom stereocenters. The van der Waals surface area contributed by atoms with Gasteiger partial charge in [0.2, 0.25) is 0 Å². The molecule has 2 heteroatoms. The summed E-state index contributed by atoms with van der Waals surface area (Å²) in [5.74, 6) is 1.31. The Morgan fingerprint density at radius 3 is 2.35 bits per heavy atom. The maximum Gasteiger partial charge on any atom is 0.119 e. The van der Waals surface area contributed by atoms with Gasteiger partial charge in [-0.25, -0.2) is 0 Å². The molecule has 1 aliphatic carbocycles. The van der Waals surface area contributed by atoms with Gasteiger partial charge >= 0.3 is 0 Å². The summed E-state index contributed by atoms with van der Waals surface area (Å²) in [5.41, 5.74) is 4.54. The number of phenolic OH excluding ortho intramolecular Hbond substituents is 2. The zero-order chi connectivity index (χ0) is 16.4. The molecule has 23 heavy (non-hydrogen) atoms. The van der Waals surface area contributed by atoms with Gasteiger partial charge in [0, 0.05) is 5.92 Å². The number of benzene rings is 2. The number of hydrogen-bond donors (Lipinski definition) is 2. The van der Waals surface area contributed by atoms with Crippen molar-refractivity contribution >= 4 is 5.57 Å². The highest BCUT2D eigenvalue weighted by Crippen LogP contribution is 2.34. The summed E-state index contributed by atoms with van der Waals surface area (Å²) in [6, 6.07) is 13.2. The zero-order valence-electron chi connectivity index (χ0n) is 13.5. The SMILES string of the molecule is CC(C)c1cc(C2=CCC(c3ccc(O)cc3)C=C2)ccc1O. The minimum absolute atomic E-state index is 0.299. The van der Waals surface area contributed by atoms with Crippen LogP contribution < -0.4 is 0 Å². The summed E-state index contributed by atoms with van der Waals surface area (Å²) in [5, 5.41) is 19.3. The van der Waals surface area contributed by atoms with Gasteiger partial charge in [-0.05, 0) is 58.9 Å². The molecule has 0 amide bonds. The molecule has 0 saturated heterocycles. The lowest BCUT2D eigenvalue weighted by Gasteiger charge is -2.18. The lowest BCUT2D eigenvalue weighted by atomic mass is 9.87. The van der Waals surface area contributed by atoms with Gasteiger partial charge in [-0.3, -0.25) is 0 Å². The Labute approximate surface area is 137 Å². The summed E-state index contributed by atoms with van der Waals surface area (Å²) in [6.07, 6.45) is 7.55. The Bertz CT molecular complexity index is 752. The third kappa shape index (κ3) is 3.31. The molecular weight excluding hydrogens is 284 g/mol. The molecule has 0 heterocycles. The van der Waals surface area contributed by atoms with Gasteiger partial charge in [-0.2, -0.15) is 0 Å². The fraction of sp³-hybridized carbons (Fsp3) is 0.238. The van der Waals surface area contributed by atoms with Crippen LogP contribution in [0.15, 0.2) is 60.7 Å². The van der Waals surface area contributed by atoms with E-state index in [2.05, 4.69) is 38.1 Å². The van der Waals surface area contributed by atoms with Crippen LogP contribution in [0.3, 0.4) is 0 Å². The van der Waals surface area contributed by atoms with E-state index < -0.39 is 0 Å². The van der Waals surface area contributed by atoms with Crippen molar-refractivity contribution in [2.45, 2.75) is 32.1 Å². The lowest BCUT2D eigenvalue weighted by molar-refractivity contribution is 0.465. The van der Waals surface area contributed by atoms with Crippen LogP contribution in [-0.2, 0) is 0 Å². The summed E-state index contributed by atoms with van der Waals surface area (Å²) in [7, 11) is 0. The molecular formula is C21H22O2. The second-order valence-corrected chi connectivity index (χ2v) is 6.38. The Kier molecular flexibility index (Phi) is 4.24. The number of aromatic hydroxyl groups is 2. The van der Waals surface area contributed by atoms with Gasteiger partial charge < -0.3 is 10.2 Å². The topological polar surface area (TPSA) is 40.5 Å². The molecule has 0 spiro atoms. The minimum Gasteiger partial charge on any atom is -0.508 e. The van der Waals surface area contributed by atoms with Crippen LogP contribution in [-0.4, -0.2) is 10.2 Å². The average molecular weight is 306 g/mol. The van der Waals surface area contributed by atoms with Gasteiger partial charge in [-0.1, -0.05) is 50.3 Å². The van der Waals surface area contributed by atoms with Gasteiger partial charge in [0.25, 0.3) is 0 Å². The average Bonchev–Trinajstić information content (AvgIpc) is 2.56. The highest BCUT2D eigenvalue weighted by atomic mass is 16.3. The fourth-order valence-electron chi connectivity index (χ4n) is 3.00. The smallest absolute Gasteiger partial charge is 0.119 e. The van der Waals surface area contributed by atoms with E-state index in [4.69, 9.17) is 0 Å². The molecule has 2 aromatic carbocycles. The molecule has 1 unspecified atom stereocenters. The van der Waals surface area contributed by atoms with E-state index in [0.717, 1.165) is 17.5 Å². The summed E-state index contributed by atoms with van der Waals surface area (Å²) < 4.78 is 0. The summed E-state index contributed by atoms with van der Waals surface area (Å²) in [4.78, 5) is 0. The minimum atomic E-state index is 0.299. The largest absolute Gasteiger partial charge is 0.508 e. The number of phenols is 2. The van der Waals surface area contributed by atoms with Crippen molar-refractivity contribution in [1.82, 2.24) is 0 Å². The van der Waals surface area contributed by atoms with Crippen molar-refractivity contribution < 1.29 is 10.2 Å². The number of rotatable bonds is 3. The maximum absolute atomic E-state index is 9.96. The van der Waals surface area contributed by atoms with E-state index in [1.165, 1.54) is 11.1 Å². The van der Waals surface area contributed by atoms with E-state index >= 15 is 0 Å².